The van der Waals surface area contributed by atoms with E-state index in [-0.39, 0.29) is 17.9 Å². The smallest absolute Gasteiger partial charge is 0.255 e. The fourth-order valence-electron chi connectivity index (χ4n) is 3.41. The lowest BCUT2D eigenvalue weighted by atomic mass is 10.1. The maximum absolute atomic E-state index is 12.5. The van der Waals surface area contributed by atoms with Crippen molar-refractivity contribution < 1.29 is 9.59 Å². The summed E-state index contributed by atoms with van der Waals surface area (Å²) in [5, 5.41) is 5.82. The average molecular weight is 321 g/mol. The molecule has 1 saturated heterocycles. The zero-order valence-electron chi connectivity index (χ0n) is 13.5. The predicted molar refractivity (Wildman–Crippen MR) is 94.6 cm³/mol. The lowest BCUT2D eigenvalue weighted by molar-refractivity contribution is -0.117. The van der Waals surface area contributed by atoms with Gasteiger partial charge in [-0.05, 0) is 50.1 Å². The summed E-state index contributed by atoms with van der Waals surface area (Å²) in [6, 6.07) is 13.1. The molecule has 1 unspecified atom stereocenters. The lowest BCUT2D eigenvalue weighted by Crippen LogP contribution is -2.43. The van der Waals surface area contributed by atoms with Crippen LogP contribution in [0.1, 0.15) is 28.8 Å². The largest absolute Gasteiger partial charge is 0.358 e. The zero-order chi connectivity index (χ0) is 16.7. The summed E-state index contributed by atoms with van der Waals surface area (Å²) in [6.45, 7) is 2.89. The van der Waals surface area contributed by atoms with Crippen molar-refractivity contribution in [1.82, 2.24) is 0 Å². The highest BCUT2D eigenvalue weighted by Crippen LogP contribution is 2.37. The fourth-order valence-corrected chi connectivity index (χ4v) is 3.41. The van der Waals surface area contributed by atoms with E-state index in [1.165, 1.54) is 0 Å². The van der Waals surface area contributed by atoms with Crippen LogP contribution in [0.2, 0.25) is 0 Å². The average Bonchev–Trinajstić information content (AvgIpc) is 3.07. The van der Waals surface area contributed by atoms with Gasteiger partial charge in [0.05, 0.1) is 11.4 Å². The minimum absolute atomic E-state index is 0.0242. The standard InChI is InChI=1S/C19H19N3O2/c1-12-4-7-14(8-5-12)20-18(23)13-6-9-16-15(11-13)21-19(24)17-3-2-10-22(16)17/h4-9,11,17H,2-3,10H2,1H3,(H,20,23)(H,21,24). The molecule has 0 bridgehead atoms. The third-order valence-corrected chi connectivity index (χ3v) is 4.69. The van der Waals surface area contributed by atoms with Gasteiger partial charge in [-0.25, -0.2) is 0 Å². The molecule has 2 aromatic rings. The molecule has 2 heterocycles. The van der Waals surface area contributed by atoms with Crippen LogP contribution >= 0.6 is 0 Å². The van der Waals surface area contributed by atoms with Crippen molar-refractivity contribution in [1.29, 1.82) is 0 Å². The Kier molecular flexibility index (Phi) is 3.49. The zero-order valence-corrected chi connectivity index (χ0v) is 13.5. The Bertz CT molecular complexity index is 814. The molecule has 2 N–H and O–H groups in total. The number of carbonyl (C=O) groups is 2. The number of carbonyl (C=O) groups excluding carboxylic acids is 2. The summed E-state index contributed by atoms with van der Waals surface area (Å²) in [4.78, 5) is 26.8. The molecule has 1 fully saturated rings. The van der Waals surface area contributed by atoms with Crippen LogP contribution in [-0.4, -0.2) is 24.4 Å². The van der Waals surface area contributed by atoms with Crippen LogP contribution in [0, 0.1) is 6.92 Å². The van der Waals surface area contributed by atoms with Gasteiger partial charge in [0.2, 0.25) is 5.91 Å². The summed E-state index contributed by atoms with van der Waals surface area (Å²) in [7, 11) is 0. The normalized spacial score (nSPS) is 18.6. The van der Waals surface area contributed by atoms with Gasteiger partial charge in [0, 0.05) is 17.8 Å². The maximum atomic E-state index is 12.5. The topological polar surface area (TPSA) is 61.4 Å². The van der Waals surface area contributed by atoms with Gasteiger partial charge in [-0.3, -0.25) is 9.59 Å². The summed E-state index contributed by atoms with van der Waals surface area (Å²) in [6.07, 6.45) is 1.91. The van der Waals surface area contributed by atoms with Gasteiger partial charge in [-0.15, -0.1) is 0 Å². The Morgan fingerprint density at radius 2 is 2.00 bits per heavy atom. The molecule has 1 atom stereocenters. The number of aryl methyl sites for hydroxylation is 1. The minimum Gasteiger partial charge on any atom is -0.358 e. The second-order valence-corrected chi connectivity index (χ2v) is 6.39. The Morgan fingerprint density at radius 3 is 2.79 bits per heavy atom. The van der Waals surface area contributed by atoms with E-state index in [9.17, 15) is 9.59 Å². The van der Waals surface area contributed by atoms with Crippen LogP contribution in [0.25, 0.3) is 0 Å². The van der Waals surface area contributed by atoms with Crippen LogP contribution < -0.4 is 15.5 Å². The van der Waals surface area contributed by atoms with E-state index in [1.807, 2.05) is 43.3 Å². The van der Waals surface area contributed by atoms with E-state index in [4.69, 9.17) is 0 Å². The third-order valence-electron chi connectivity index (χ3n) is 4.69. The first-order valence-corrected chi connectivity index (χ1v) is 8.21. The molecule has 2 aliphatic rings. The summed E-state index contributed by atoms with van der Waals surface area (Å²) in [5.41, 5.74) is 4.16. The van der Waals surface area contributed by atoms with Crippen molar-refractivity contribution in [3.63, 3.8) is 0 Å². The SMILES string of the molecule is Cc1ccc(NC(=O)c2ccc3c(c2)NC(=O)C2CCCN32)cc1. The summed E-state index contributed by atoms with van der Waals surface area (Å²) >= 11 is 0. The van der Waals surface area contributed by atoms with Crippen LogP contribution in [0.15, 0.2) is 42.5 Å². The molecule has 2 amide bonds. The number of nitrogens with one attached hydrogen (secondary N) is 2. The second-order valence-electron chi connectivity index (χ2n) is 6.39. The quantitative estimate of drug-likeness (QED) is 0.893. The first-order valence-electron chi connectivity index (χ1n) is 8.21. The molecule has 24 heavy (non-hydrogen) atoms. The minimum atomic E-state index is -0.181. The van der Waals surface area contributed by atoms with Gasteiger partial charge in [0.25, 0.3) is 5.91 Å². The van der Waals surface area contributed by atoms with Gasteiger partial charge in [-0.2, -0.15) is 0 Å². The van der Waals surface area contributed by atoms with Crippen LogP contribution in [0.4, 0.5) is 17.1 Å². The molecular formula is C19H19N3O2. The van der Waals surface area contributed by atoms with Gasteiger partial charge in [0.15, 0.2) is 0 Å². The van der Waals surface area contributed by atoms with Crippen LogP contribution in [-0.2, 0) is 4.79 Å². The molecule has 0 saturated carbocycles. The molecular weight excluding hydrogens is 302 g/mol. The van der Waals surface area contributed by atoms with Crippen molar-refractivity contribution in [2.24, 2.45) is 0 Å². The van der Waals surface area contributed by atoms with Crippen molar-refractivity contribution in [2.75, 3.05) is 22.1 Å². The predicted octanol–water partition coefficient (Wildman–Crippen LogP) is 3.17. The highest BCUT2D eigenvalue weighted by Gasteiger charge is 2.36. The first kappa shape index (κ1) is 14.8. The number of benzene rings is 2. The molecule has 0 aromatic heterocycles. The highest BCUT2D eigenvalue weighted by atomic mass is 16.2. The number of anilines is 3. The molecule has 2 aliphatic heterocycles. The number of hydrogen-bond acceptors (Lipinski definition) is 3. The summed E-state index contributed by atoms with van der Waals surface area (Å²) < 4.78 is 0. The third kappa shape index (κ3) is 2.52. The van der Waals surface area contributed by atoms with E-state index in [0.29, 0.717) is 5.56 Å². The Hall–Kier alpha value is -2.82. The van der Waals surface area contributed by atoms with Crippen LogP contribution in [0.5, 0.6) is 0 Å². The monoisotopic (exact) mass is 321 g/mol. The maximum Gasteiger partial charge on any atom is 0.255 e. The van der Waals surface area contributed by atoms with Gasteiger partial charge in [-0.1, -0.05) is 17.7 Å². The molecule has 2 aromatic carbocycles. The van der Waals surface area contributed by atoms with E-state index in [1.54, 1.807) is 6.07 Å². The number of hydrogen-bond donors (Lipinski definition) is 2. The van der Waals surface area contributed by atoms with Crippen molar-refractivity contribution in [3.05, 3.63) is 53.6 Å². The summed E-state index contributed by atoms with van der Waals surface area (Å²) in [5.74, 6) is -0.157. The molecule has 4 rings (SSSR count). The second kappa shape index (κ2) is 5.67. The number of nitrogens with zero attached hydrogens (tertiary/aromatic N) is 1. The molecule has 122 valence electrons. The van der Waals surface area contributed by atoms with E-state index < -0.39 is 0 Å². The number of fused-ring (bicyclic) bond motifs is 3. The van der Waals surface area contributed by atoms with Gasteiger partial charge >= 0.3 is 0 Å². The molecule has 0 spiro atoms. The first-order chi connectivity index (χ1) is 11.6. The number of amides is 2. The van der Waals surface area contributed by atoms with Crippen molar-refractivity contribution >= 4 is 28.9 Å². The van der Waals surface area contributed by atoms with Crippen LogP contribution in [0.3, 0.4) is 0 Å². The Balaban J connectivity index is 1.59. The lowest BCUT2D eigenvalue weighted by Gasteiger charge is -2.33. The van der Waals surface area contributed by atoms with E-state index in [2.05, 4.69) is 15.5 Å². The molecule has 0 aliphatic carbocycles. The molecule has 5 heteroatoms. The highest BCUT2D eigenvalue weighted by molar-refractivity contribution is 6.08. The van der Waals surface area contributed by atoms with Gasteiger partial charge < -0.3 is 15.5 Å². The van der Waals surface area contributed by atoms with E-state index >= 15 is 0 Å². The fraction of sp³-hybridized carbons (Fsp3) is 0.263. The van der Waals surface area contributed by atoms with Gasteiger partial charge in [0.1, 0.15) is 6.04 Å². The molecule has 0 radical (unpaired) electrons. The van der Waals surface area contributed by atoms with Crippen molar-refractivity contribution in [3.8, 4) is 0 Å². The number of rotatable bonds is 2. The Labute approximate surface area is 140 Å². The van der Waals surface area contributed by atoms with E-state index in [0.717, 1.165) is 42.0 Å². The Morgan fingerprint density at radius 1 is 1.21 bits per heavy atom. The van der Waals surface area contributed by atoms with Crippen molar-refractivity contribution in [2.45, 2.75) is 25.8 Å². The molecule has 5 nitrogen and oxygen atoms in total.